The fourth-order valence-electron chi connectivity index (χ4n) is 4.47. The third kappa shape index (κ3) is 4.60. The smallest absolute Gasteiger partial charge is 0.284 e. The summed E-state index contributed by atoms with van der Waals surface area (Å²) in [6.07, 6.45) is 2.48. The van der Waals surface area contributed by atoms with Crippen LogP contribution < -0.4 is 10.2 Å². The standard InChI is InChI=1S/C21H26F2N6O2S2/c22-19(23)18-15(11-28(25-18)14-3-1-13(12-32)2-4-14)24-20(30)16-5-6-17-29(16)26-21(33-17)27-7-9-31-10-8-27/h5-6,11,13-14,19,32H,1-4,7-10,12H2,(H,24,30). The molecule has 2 aliphatic rings. The lowest BCUT2D eigenvalue weighted by molar-refractivity contribution is 0.101. The highest BCUT2D eigenvalue weighted by Gasteiger charge is 2.27. The minimum Gasteiger partial charge on any atom is -0.378 e. The number of nitrogens with one attached hydrogen (secondary N) is 1. The average Bonchev–Trinajstić information content (AvgIpc) is 3.54. The lowest BCUT2D eigenvalue weighted by Gasteiger charge is -2.27. The maximum absolute atomic E-state index is 13.7. The number of amides is 1. The van der Waals surface area contributed by atoms with Crippen LogP contribution in [0.5, 0.6) is 0 Å². The molecule has 12 heteroatoms. The lowest BCUT2D eigenvalue weighted by atomic mass is 9.87. The van der Waals surface area contributed by atoms with Crippen LogP contribution in [0.1, 0.15) is 54.3 Å². The van der Waals surface area contributed by atoms with Crippen LogP contribution in [0.25, 0.3) is 4.83 Å². The molecule has 1 aliphatic carbocycles. The lowest BCUT2D eigenvalue weighted by Crippen LogP contribution is -2.36. The zero-order valence-electron chi connectivity index (χ0n) is 18.0. The van der Waals surface area contributed by atoms with Crippen LogP contribution in [-0.2, 0) is 4.74 Å². The van der Waals surface area contributed by atoms with Crippen LogP contribution in [0, 0.1) is 5.92 Å². The van der Waals surface area contributed by atoms with Gasteiger partial charge in [-0.2, -0.15) is 17.7 Å². The number of carbonyl (C=O) groups excluding carboxylic acids is 1. The van der Waals surface area contributed by atoms with E-state index < -0.39 is 18.0 Å². The van der Waals surface area contributed by atoms with E-state index in [0.717, 1.165) is 54.5 Å². The third-order valence-electron chi connectivity index (χ3n) is 6.38. The van der Waals surface area contributed by atoms with Gasteiger partial charge in [0, 0.05) is 19.3 Å². The highest BCUT2D eigenvalue weighted by atomic mass is 32.1. The van der Waals surface area contributed by atoms with E-state index in [-0.39, 0.29) is 11.7 Å². The molecule has 2 fully saturated rings. The number of ether oxygens (including phenoxy) is 1. The van der Waals surface area contributed by atoms with Crippen LogP contribution in [-0.4, -0.2) is 57.4 Å². The second-order valence-electron chi connectivity index (χ2n) is 8.47. The van der Waals surface area contributed by atoms with Crippen molar-refractivity contribution in [3.05, 3.63) is 29.7 Å². The first-order valence-corrected chi connectivity index (χ1v) is 12.6. The van der Waals surface area contributed by atoms with Gasteiger partial charge in [0.2, 0.25) is 5.13 Å². The second-order valence-corrected chi connectivity index (χ2v) is 9.83. The van der Waals surface area contributed by atoms with Gasteiger partial charge in [-0.3, -0.25) is 9.48 Å². The molecule has 5 rings (SSSR count). The number of fused-ring (bicyclic) bond motifs is 1. The number of carbonyl (C=O) groups is 1. The van der Waals surface area contributed by atoms with Gasteiger partial charge in [0.25, 0.3) is 12.3 Å². The summed E-state index contributed by atoms with van der Waals surface area (Å²) in [5.74, 6) is 0.908. The number of halogens is 2. The van der Waals surface area contributed by atoms with Crippen molar-refractivity contribution in [3.63, 3.8) is 0 Å². The number of aromatic nitrogens is 4. The molecule has 4 heterocycles. The van der Waals surface area contributed by atoms with Gasteiger partial charge >= 0.3 is 0 Å². The van der Waals surface area contributed by atoms with E-state index in [9.17, 15) is 13.6 Å². The molecule has 1 aliphatic heterocycles. The van der Waals surface area contributed by atoms with Crippen molar-refractivity contribution in [2.75, 3.05) is 42.3 Å². The van der Waals surface area contributed by atoms with Crippen LogP contribution in [0.4, 0.5) is 19.6 Å². The molecule has 8 nitrogen and oxygen atoms in total. The van der Waals surface area contributed by atoms with Crippen molar-refractivity contribution < 1.29 is 18.3 Å². The topological polar surface area (TPSA) is 76.7 Å². The van der Waals surface area contributed by atoms with Crippen LogP contribution in [0.3, 0.4) is 0 Å². The average molecular weight is 497 g/mol. The largest absolute Gasteiger partial charge is 0.378 e. The summed E-state index contributed by atoms with van der Waals surface area (Å²) >= 11 is 5.85. The van der Waals surface area contributed by atoms with Gasteiger partial charge < -0.3 is 15.0 Å². The van der Waals surface area contributed by atoms with Crippen molar-refractivity contribution in [2.45, 2.75) is 38.2 Å². The molecule has 0 radical (unpaired) electrons. The third-order valence-corrected chi connectivity index (χ3v) is 7.94. The number of rotatable bonds is 6. The van der Waals surface area contributed by atoms with E-state index in [1.165, 1.54) is 17.5 Å². The van der Waals surface area contributed by atoms with Crippen molar-refractivity contribution >= 4 is 45.5 Å². The summed E-state index contributed by atoms with van der Waals surface area (Å²) in [6, 6.07) is 3.52. The number of morpholine rings is 1. The van der Waals surface area contributed by atoms with Crippen molar-refractivity contribution in [1.82, 2.24) is 19.4 Å². The fraction of sp³-hybridized carbons (Fsp3) is 0.571. The molecule has 0 bridgehead atoms. The molecule has 0 unspecified atom stereocenters. The van der Waals surface area contributed by atoms with E-state index >= 15 is 0 Å². The Morgan fingerprint density at radius 1 is 1.21 bits per heavy atom. The zero-order valence-corrected chi connectivity index (χ0v) is 19.7. The van der Waals surface area contributed by atoms with Crippen LogP contribution in [0.15, 0.2) is 18.3 Å². The molecule has 1 amide bonds. The van der Waals surface area contributed by atoms with Gasteiger partial charge in [-0.05, 0) is 49.5 Å². The van der Waals surface area contributed by atoms with E-state index in [0.29, 0.717) is 24.8 Å². The number of anilines is 2. The summed E-state index contributed by atoms with van der Waals surface area (Å²) in [5, 5.41) is 12.2. The summed E-state index contributed by atoms with van der Waals surface area (Å²) < 4.78 is 36.0. The molecule has 3 aromatic heterocycles. The monoisotopic (exact) mass is 496 g/mol. The Bertz CT molecular complexity index is 1120. The van der Waals surface area contributed by atoms with Crippen molar-refractivity contribution in [1.29, 1.82) is 0 Å². The van der Waals surface area contributed by atoms with Crippen molar-refractivity contribution in [3.8, 4) is 0 Å². The number of thiol groups is 1. The molecule has 1 N–H and O–H groups in total. The Morgan fingerprint density at radius 3 is 2.67 bits per heavy atom. The van der Waals surface area contributed by atoms with Gasteiger partial charge in [-0.15, -0.1) is 5.10 Å². The summed E-state index contributed by atoms with van der Waals surface area (Å²) in [6.45, 7) is 2.76. The number of nitrogens with zero attached hydrogens (tertiary/aromatic N) is 5. The zero-order chi connectivity index (χ0) is 22.9. The highest BCUT2D eigenvalue weighted by Crippen LogP contribution is 2.35. The molecule has 0 spiro atoms. The van der Waals surface area contributed by atoms with E-state index in [1.807, 2.05) is 6.07 Å². The molecule has 178 valence electrons. The summed E-state index contributed by atoms with van der Waals surface area (Å²) in [7, 11) is 0. The van der Waals surface area contributed by atoms with Gasteiger partial charge in [0.15, 0.2) is 5.69 Å². The van der Waals surface area contributed by atoms with E-state index in [2.05, 4.69) is 33.0 Å². The first kappa shape index (κ1) is 22.6. The second kappa shape index (κ2) is 9.59. The summed E-state index contributed by atoms with van der Waals surface area (Å²) in [4.78, 5) is 16.0. The Labute approximate surface area is 199 Å². The van der Waals surface area contributed by atoms with Crippen molar-refractivity contribution in [2.24, 2.45) is 5.92 Å². The molecule has 1 saturated carbocycles. The van der Waals surface area contributed by atoms with Gasteiger partial charge in [0.05, 0.1) is 24.9 Å². The fourth-order valence-corrected chi connectivity index (χ4v) is 5.82. The van der Waals surface area contributed by atoms with Gasteiger partial charge in [0.1, 0.15) is 10.5 Å². The Morgan fingerprint density at radius 2 is 1.97 bits per heavy atom. The molecule has 0 aromatic carbocycles. The molecular formula is C21H26F2N6O2S2. The normalized spacial score (nSPS) is 21.8. The Hall–Kier alpha value is -2.18. The minimum absolute atomic E-state index is 0.0462. The number of alkyl halides is 2. The predicted octanol–water partition coefficient (Wildman–Crippen LogP) is 4.28. The first-order valence-electron chi connectivity index (χ1n) is 11.1. The first-order chi connectivity index (χ1) is 16.0. The number of hydrogen-bond acceptors (Lipinski definition) is 7. The Kier molecular flexibility index (Phi) is 6.57. The van der Waals surface area contributed by atoms with E-state index in [4.69, 9.17) is 4.74 Å². The maximum Gasteiger partial charge on any atom is 0.284 e. The maximum atomic E-state index is 13.7. The Balaban J connectivity index is 1.35. The minimum atomic E-state index is -2.78. The molecule has 1 saturated heterocycles. The quantitative estimate of drug-likeness (QED) is 0.498. The van der Waals surface area contributed by atoms with Crippen LogP contribution in [0.2, 0.25) is 0 Å². The molecule has 33 heavy (non-hydrogen) atoms. The molecule has 0 atom stereocenters. The molecule has 3 aromatic rings. The highest BCUT2D eigenvalue weighted by molar-refractivity contribution is 7.80. The SMILES string of the molecule is O=C(Nc1cn(C2CCC(CS)CC2)nc1C(F)F)c1ccc2sc(N3CCOCC3)nn12. The predicted molar refractivity (Wildman–Crippen MR) is 126 cm³/mol. The summed E-state index contributed by atoms with van der Waals surface area (Å²) in [5.41, 5.74) is -0.0623. The molecular weight excluding hydrogens is 470 g/mol. The van der Waals surface area contributed by atoms with Gasteiger partial charge in [-0.25, -0.2) is 13.3 Å². The van der Waals surface area contributed by atoms with E-state index in [1.54, 1.807) is 15.3 Å². The van der Waals surface area contributed by atoms with Crippen LogP contribution >= 0.6 is 24.0 Å². The number of hydrogen-bond donors (Lipinski definition) is 2. The van der Waals surface area contributed by atoms with Gasteiger partial charge in [-0.1, -0.05) is 11.3 Å².